The molecule has 2 heterocycles. The van der Waals surface area contributed by atoms with Crippen LogP contribution < -0.4 is 10.6 Å². The molecule has 26 heavy (non-hydrogen) atoms. The number of nitrogens with one attached hydrogen (secondary N) is 2. The van der Waals surface area contributed by atoms with Gasteiger partial charge in [0.25, 0.3) is 0 Å². The molecule has 3 rings (SSSR count). The Labute approximate surface area is 153 Å². The molecule has 7 nitrogen and oxygen atoms in total. The van der Waals surface area contributed by atoms with Crippen LogP contribution in [0.25, 0.3) is 0 Å². The van der Waals surface area contributed by atoms with E-state index in [0.29, 0.717) is 11.5 Å². The van der Waals surface area contributed by atoms with Crippen molar-refractivity contribution in [2.75, 3.05) is 50.0 Å². The van der Waals surface area contributed by atoms with Gasteiger partial charge in [-0.1, -0.05) is 0 Å². The van der Waals surface area contributed by atoms with Crippen molar-refractivity contribution in [3.8, 4) is 0 Å². The van der Waals surface area contributed by atoms with E-state index in [1.807, 2.05) is 25.1 Å². The van der Waals surface area contributed by atoms with E-state index in [1.54, 1.807) is 19.1 Å². The van der Waals surface area contributed by atoms with Crippen LogP contribution in [0, 0.1) is 6.92 Å². The second kappa shape index (κ2) is 8.73. The molecular weight excluding hydrogens is 330 g/mol. The molecule has 1 aliphatic heterocycles. The molecule has 0 saturated carbocycles. The number of carbonyl (C=O) groups excluding carboxylic acids is 1. The Morgan fingerprint density at radius 3 is 2.62 bits per heavy atom. The zero-order chi connectivity index (χ0) is 18.4. The first-order valence-corrected chi connectivity index (χ1v) is 8.88. The van der Waals surface area contributed by atoms with E-state index in [0.717, 1.165) is 56.6 Å². The van der Waals surface area contributed by atoms with Crippen molar-refractivity contribution in [1.82, 2.24) is 14.9 Å². The van der Waals surface area contributed by atoms with E-state index in [1.165, 1.54) is 0 Å². The molecule has 2 aromatic rings. The quantitative estimate of drug-likeness (QED) is 0.739. The minimum absolute atomic E-state index is 0.0567. The SMILES string of the molecule is CC(=O)c1ccc(Nc2cc(C)nc(NCCN3CCOCC3)n2)cc1. The van der Waals surface area contributed by atoms with Crippen molar-refractivity contribution in [3.63, 3.8) is 0 Å². The number of rotatable bonds is 7. The summed E-state index contributed by atoms with van der Waals surface area (Å²) in [6.45, 7) is 8.78. The highest BCUT2D eigenvalue weighted by Gasteiger charge is 2.10. The first-order chi connectivity index (χ1) is 12.6. The van der Waals surface area contributed by atoms with Crippen LogP contribution in [-0.2, 0) is 4.74 Å². The maximum absolute atomic E-state index is 11.4. The molecule has 0 spiro atoms. The van der Waals surface area contributed by atoms with E-state index >= 15 is 0 Å². The number of hydrogen-bond acceptors (Lipinski definition) is 7. The normalized spacial score (nSPS) is 14.8. The van der Waals surface area contributed by atoms with Crippen LogP contribution in [0.2, 0.25) is 0 Å². The van der Waals surface area contributed by atoms with E-state index in [4.69, 9.17) is 4.74 Å². The topological polar surface area (TPSA) is 79.4 Å². The zero-order valence-corrected chi connectivity index (χ0v) is 15.3. The summed E-state index contributed by atoms with van der Waals surface area (Å²) in [5.74, 6) is 1.39. The van der Waals surface area contributed by atoms with E-state index in [-0.39, 0.29) is 5.78 Å². The maximum Gasteiger partial charge on any atom is 0.224 e. The van der Waals surface area contributed by atoms with E-state index < -0.39 is 0 Å². The van der Waals surface area contributed by atoms with Gasteiger partial charge in [0, 0.05) is 49.2 Å². The van der Waals surface area contributed by atoms with Gasteiger partial charge in [0.05, 0.1) is 13.2 Å². The molecule has 0 amide bonds. The summed E-state index contributed by atoms with van der Waals surface area (Å²) in [6, 6.07) is 9.26. The number of hydrogen-bond donors (Lipinski definition) is 2. The Kier molecular flexibility index (Phi) is 6.14. The van der Waals surface area contributed by atoms with Crippen molar-refractivity contribution < 1.29 is 9.53 Å². The van der Waals surface area contributed by atoms with Gasteiger partial charge in [0.15, 0.2) is 5.78 Å². The number of carbonyl (C=O) groups is 1. The average molecular weight is 355 g/mol. The van der Waals surface area contributed by atoms with Crippen molar-refractivity contribution in [1.29, 1.82) is 0 Å². The number of Topliss-reactive ketones (excluding diaryl/α,β-unsaturated/α-hetero) is 1. The summed E-state index contributed by atoms with van der Waals surface area (Å²) in [5, 5.41) is 6.56. The van der Waals surface area contributed by atoms with Gasteiger partial charge in [-0.3, -0.25) is 9.69 Å². The Bertz CT molecular complexity index is 742. The highest BCUT2D eigenvalue weighted by atomic mass is 16.5. The molecule has 0 aliphatic carbocycles. The van der Waals surface area contributed by atoms with Gasteiger partial charge in [-0.15, -0.1) is 0 Å². The highest BCUT2D eigenvalue weighted by molar-refractivity contribution is 5.94. The molecule has 0 radical (unpaired) electrons. The molecule has 7 heteroatoms. The minimum atomic E-state index is 0.0567. The van der Waals surface area contributed by atoms with Crippen LogP contribution in [0.4, 0.5) is 17.5 Å². The standard InChI is InChI=1S/C19H25N5O2/c1-14-13-18(22-17-5-3-16(4-6-17)15(2)25)23-19(21-14)20-7-8-24-9-11-26-12-10-24/h3-6,13H,7-12H2,1-2H3,(H2,20,21,22,23). The molecule has 1 aromatic heterocycles. The largest absolute Gasteiger partial charge is 0.379 e. The van der Waals surface area contributed by atoms with Crippen LogP contribution in [0.15, 0.2) is 30.3 Å². The number of benzene rings is 1. The first-order valence-electron chi connectivity index (χ1n) is 8.88. The summed E-state index contributed by atoms with van der Waals surface area (Å²) in [5.41, 5.74) is 2.46. The smallest absolute Gasteiger partial charge is 0.224 e. The fraction of sp³-hybridized carbons (Fsp3) is 0.421. The minimum Gasteiger partial charge on any atom is -0.379 e. The number of aryl methyl sites for hydroxylation is 1. The monoisotopic (exact) mass is 355 g/mol. The lowest BCUT2D eigenvalue weighted by molar-refractivity contribution is 0.0398. The van der Waals surface area contributed by atoms with E-state index in [2.05, 4.69) is 25.5 Å². The van der Waals surface area contributed by atoms with Crippen LogP contribution in [0.5, 0.6) is 0 Å². The van der Waals surface area contributed by atoms with Crippen LogP contribution in [0.1, 0.15) is 23.0 Å². The zero-order valence-electron chi connectivity index (χ0n) is 15.3. The number of ether oxygens (including phenoxy) is 1. The van der Waals surface area contributed by atoms with Gasteiger partial charge in [0.2, 0.25) is 5.95 Å². The van der Waals surface area contributed by atoms with Crippen molar-refractivity contribution in [3.05, 3.63) is 41.6 Å². The van der Waals surface area contributed by atoms with Crippen molar-refractivity contribution in [2.24, 2.45) is 0 Å². The molecule has 2 N–H and O–H groups in total. The Morgan fingerprint density at radius 1 is 1.19 bits per heavy atom. The fourth-order valence-corrected chi connectivity index (χ4v) is 2.80. The fourth-order valence-electron chi connectivity index (χ4n) is 2.80. The summed E-state index contributed by atoms with van der Waals surface area (Å²) < 4.78 is 5.36. The Balaban J connectivity index is 1.58. The lowest BCUT2D eigenvalue weighted by atomic mass is 10.1. The Hall–Kier alpha value is -2.51. The van der Waals surface area contributed by atoms with Gasteiger partial charge < -0.3 is 15.4 Å². The third-order valence-corrected chi connectivity index (χ3v) is 4.23. The number of morpholine rings is 1. The number of ketones is 1. The van der Waals surface area contributed by atoms with Gasteiger partial charge in [-0.05, 0) is 38.1 Å². The molecule has 1 fully saturated rings. The summed E-state index contributed by atoms with van der Waals surface area (Å²) in [7, 11) is 0. The van der Waals surface area contributed by atoms with Crippen molar-refractivity contribution in [2.45, 2.75) is 13.8 Å². The van der Waals surface area contributed by atoms with Crippen LogP contribution in [0.3, 0.4) is 0 Å². The third kappa shape index (κ3) is 5.24. The lowest BCUT2D eigenvalue weighted by Gasteiger charge is -2.26. The summed E-state index contributed by atoms with van der Waals surface area (Å²) in [6.07, 6.45) is 0. The average Bonchev–Trinajstić information content (AvgIpc) is 2.62. The predicted octanol–water partition coefficient (Wildman–Crippen LogP) is 2.48. The first kappa shape index (κ1) is 18.3. The molecule has 1 saturated heterocycles. The molecule has 0 unspecified atom stereocenters. The molecule has 0 bridgehead atoms. The van der Waals surface area contributed by atoms with Crippen LogP contribution in [-0.4, -0.2) is 60.0 Å². The molecule has 0 atom stereocenters. The molecule has 1 aromatic carbocycles. The van der Waals surface area contributed by atoms with Gasteiger partial charge in [0.1, 0.15) is 5.82 Å². The summed E-state index contributed by atoms with van der Waals surface area (Å²) >= 11 is 0. The number of aromatic nitrogens is 2. The maximum atomic E-state index is 11.4. The highest BCUT2D eigenvalue weighted by Crippen LogP contribution is 2.17. The third-order valence-electron chi connectivity index (χ3n) is 4.23. The predicted molar refractivity (Wildman–Crippen MR) is 102 cm³/mol. The van der Waals surface area contributed by atoms with Gasteiger partial charge >= 0.3 is 0 Å². The lowest BCUT2D eigenvalue weighted by Crippen LogP contribution is -2.39. The second-order valence-corrected chi connectivity index (χ2v) is 6.36. The molecule has 1 aliphatic rings. The number of nitrogens with zero attached hydrogens (tertiary/aromatic N) is 3. The van der Waals surface area contributed by atoms with Gasteiger partial charge in [-0.2, -0.15) is 4.98 Å². The summed E-state index contributed by atoms with van der Waals surface area (Å²) in [4.78, 5) is 22.7. The van der Waals surface area contributed by atoms with Crippen LogP contribution >= 0.6 is 0 Å². The number of anilines is 3. The van der Waals surface area contributed by atoms with Gasteiger partial charge in [-0.25, -0.2) is 4.98 Å². The van der Waals surface area contributed by atoms with Crippen molar-refractivity contribution >= 4 is 23.2 Å². The second-order valence-electron chi connectivity index (χ2n) is 6.36. The molecular formula is C19H25N5O2. The molecule has 138 valence electrons. The Morgan fingerprint density at radius 2 is 1.92 bits per heavy atom. The van der Waals surface area contributed by atoms with E-state index in [9.17, 15) is 4.79 Å².